The minimum atomic E-state index is -5.08. The molecule has 0 atom stereocenters. The van der Waals surface area contributed by atoms with Crippen LogP contribution in [0.4, 0.5) is 13.2 Å². The number of carbonyl (C=O) groups excluding carboxylic acids is 2. The second kappa shape index (κ2) is 15.4. The summed E-state index contributed by atoms with van der Waals surface area (Å²) in [5.74, 6) is -5.02. The summed E-state index contributed by atoms with van der Waals surface area (Å²) in [7, 11) is 1.91. The summed E-state index contributed by atoms with van der Waals surface area (Å²) in [6.07, 6.45) is -0.784. The summed E-state index contributed by atoms with van der Waals surface area (Å²) in [6, 6.07) is 4.08. The van der Waals surface area contributed by atoms with E-state index in [9.17, 15) is 32.3 Å². The summed E-state index contributed by atoms with van der Waals surface area (Å²) in [5.41, 5.74) is 0.207. The van der Waals surface area contributed by atoms with E-state index in [-0.39, 0.29) is 35.4 Å². The molecule has 1 amide bonds. The third kappa shape index (κ3) is 11.5. The van der Waals surface area contributed by atoms with Crippen molar-refractivity contribution in [3.63, 3.8) is 0 Å². The Morgan fingerprint density at radius 3 is 1.97 bits per heavy atom. The van der Waals surface area contributed by atoms with Crippen LogP contribution in [-0.2, 0) is 19.2 Å². The number of amides is 1. The fourth-order valence-electron chi connectivity index (χ4n) is 3.67. The zero-order chi connectivity index (χ0) is 28.9. The van der Waals surface area contributed by atoms with Crippen LogP contribution in [0.25, 0.3) is 0 Å². The standard InChI is InChI=1S/C21H28N2O8.C2HF3O2/c1-22-9-14-2-5-16(6-3-14)23(13-24)10-17(25)15-4-7-18(30-11-20(26)27)19(8-15)31-12-21(28)29;3-2(4,5)1(6)7/h4,7-8,13-14,16,22H,2-3,5-6,9-12H2,1H3,(H,26,27)(H,28,29);(H,6,7). The number of ketones is 1. The van der Waals surface area contributed by atoms with Gasteiger partial charge in [-0.2, -0.15) is 13.2 Å². The van der Waals surface area contributed by atoms with Gasteiger partial charge >= 0.3 is 24.1 Å². The number of nitrogens with zero attached hydrogens (tertiary/aromatic N) is 1. The highest BCUT2D eigenvalue weighted by Crippen LogP contribution is 2.30. The lowest BCUT2D eigenvalue weighted by molar-refractivity contribution is -0.192. The van der Waals surface area contributed by atoms with Crippen LogP contribution in [0.5, 0.6) is 11.5 Å². The molecular formula is C23H29F3N2O10. The van der Waals surface area contributed by atoms with E-state index in [4.69, 9.17) is 29.6 Å². The summed E-state index contributed by atoms with van der Waals surface area (Å²) in [6.45, 7) is -0.510. The van der Waals surface area contributed by atoms with Crippen molar-refractivity contribution >= 4 is 30.1 Å². The highest BCUT2D eigenvalue weighted by Gasteiger charge is 2.38. The number of hydrogen-bond donors (Lipinski definition) is 4. The van der Waals surface area contributed by atoms with Crippen molar-refractivity contribution in [2.24, 2.45) is 5.92 Å². The van der Waals surface area contributed by atoms with Crippen LogP contribution >= 0.6 is 0 Å². The van der Waals surface area contributed by atoms with E-state index in [0.29, 0.717) is 12.3 Å². The fourth-order valence-corrected chi connectivity index (χ4v) is 3.67. The number of hydrogen-bond acceptors (Lipinski definition) is 8. The molecule has 12 nitrogen and oxygen atoms in total. The van der Waals surface area contributed by atoms with Crippen LogP contribution in [-0.4, -0.2) is 95.9 Å². The second-order valence-electron chi connectivity index (χ2n) is 8.26. The first-order valence-electron chi connectivity index (χ1n) is 11.3. The van der Waals surface area contributed by atoms with Gasteiger partial charge in [0.15, 0.2) is 30.5 Å². The molecule has 0 spiro atoms. The lowest BCUT2D eigenvalue weighted by atomic mass is 9.85. The van der Waals surface area contributed by atoms with Crippen molar-refractivity contribution in [1.82, 2.24) is 10.2 Å². The van der Waals surface area contributed by atoms with Crippen molar-refractivity contribution in [2.75, 3.05) is 33.4 Å². The number of alkyl halides is 3. The zero-order valence-electron chi connectivity index (χ0n) is 20.4. The molecule has 0 heterocycles. The molecule has 1 aromatic rings. The number of carbonyl (C=O) groups is 5. The van der Waals surface area contributed by atoms with E-state index in [1.54, 1.807) is 0 Å². The number of Topliss-reactive ketones (excluding diaryl/α,β-unsaturated/α-hetero) is 1. The Balaban J connectivity index is 0.000000905. The van der Waals surface area contributed by atoms with Crippen molar-refractivity contribution < 1.29 is 61.9 Å². The molecule has 15 heteroatoms. The maximum atomic E-state index is 12.8. The van der Waals surface area contributed by atoms with E-state index >= 15 is 0 Å². The Labute approximate surface area is 215 Å². The number of ether oxygens (including phenoxy) is 2. The third-order valence-corrected chi connectivity index (χ3v) is 5.45. The molecule has 1 saturated carbocycles. The maximum absolute atomic E-state index is 12.8. The quantitative estimate of drug-likeness (QED) is 0.207. The first-order chi connectivity index (χ1) is 17.8. The molecule has 1 aliphatic carbocycles. The zero-order valence-corrected chi connectivity index (χ0v) is 20.4. The predicted octanol–water partition coefficient (Wildman–Crippen LogP) is 1.67. The van der Waals surface area contributed by atoms with Gasteiger partial charge in [0, 0.05) is 11.6 Å². The van der Waals surface area contributed by atoms with Crippen molar-refractivity contribution in [1.29, 1.82) is 0 Å². The molecule has 38 heavy (non-hydrogen) atoms. The molecule has 0 aliphatic heterocycles. The molecule has 1 aromatic carbocycles. The van der Waals surface area contributed by atoms with E-state index in [1.165, 1.54) is 23.1 Å². The molecule has 4 N–H and O–H groups in total. The van der Waals surface area contributed by atoms with E-state index in [1.807, 2.05) is 7.05 Å². The number of benzene rings is 1. The molecule has 0 unspecified atom stereocenters. The summed E-state index contributed by atoms with van der Waals surface area (Å²) in [4.78, 5) is 56.3. The van der Waals surface area contributed by atoms with Crippen molar-refractivity contribution in [3.8, 4) is 11.5 Å². The van der Waals surface area contributed by atoms with Gasteiger partial charge in [-0.05, 0) is 63.4 Å². The van der Waals surface area contributed by atoms with Crippen molar-refractivity contribution in [2.45, 2.75) is 37.9 Å². The van der Waals surface area contributed by atoms with E-state index < -0.39 is 37.3 Å². The Bertz CT molecular complexity index is 979. The van der Waals surface area contributed by atoms with Gasteiger partial charge in [-0.25, -0.2) is 14.4 Å². The molecule has 1 aliphatic rings. The normalized spacial score (nSPS) is 16.8. The number of halogens is 3. The molecule has 0 radical (unpaired) electrons. The predicted molar refractivity (Wildman–Crippen MR) is 123 cm³/mol. The van der Waals surface area contributed by atoms with Crippen LogP contribution in [0.3, 0.4) is 0 Å². The van der Waals surface area contributed by atoms with E-state index in [2.05, 4.69) is 5.32 Å². The Hall–Kier alpha value is -3.88. The molecule has 0 bridgehead atoms. The average Bonchev–Trinajstić information content (AvgIpc) is 2.85. The number of carboxylic acids is 3. The van der Waals surface area contributed by atoms with Gasteiger partial charge in [0.25, 0.3) is 0 Å². The monoisotopic (exact) mass is 550 g/mol. The van der Waals surface area contributed by atoms with Gasteiger partial charge in [0.2, 0.25) is 6.41 Å². The second-order valence-corrected chi connectivity index (χ2v) is 8.26. The minimum Gasteiger partial charge on any atom is -0.479 e. The third-order valence-electron chi connectivity index (χ3n) is 5.45. The van der Waals surface area contributed by atoms with E-state index in [0.717, 1.165) is 32.2 Å². The molecule has 1 fully saturated rings. The molecule has 2 rings (SSSR count). The minimum absolute atomic E-state index is 0.00420. The Morgan fingerprint density at radius 2 is 1.53 bits per heavy atom. The lowest BCUT2D eigenvalue weighted by Gasteiger charge is -2.34. The highest BCUT2D eigenvalue weighted by atomic mass is 19.4. The van der Waals surface area contributed by atoms with Crippen LogP contribution in [0, 0.1) is 5.92 Å². The average molecular weight is 550 g/mol. The molecule has 0 aromatic heterocycles. The lowest BCUT2D eigenvalue weighted by Crippen LogP contribution is -2.41. The topological polar surface area (TPSA) is 180 Å². The first-order valence-corrected chi connectivity index (χ1v) is 11.3. The van der Waals surface area contributed by atoms with Gasteiger partial charge in [-0.15, -0.1) is 0 Å². The smallest absolute Gasteiger partial charge is 0.479 e. The van der Waals surface area contributed by atoms with Crippen LogP contribution < -0.4 is 14.8 Å². The number of nitrogens with one attached hydrogen (secondary N) is 1. The van der Waals surface area contributed by atoms with Gasteiger partial charge in [0.05, 0.1) is 6.54 Å². The molecule has 0 saturated heterocycles. The largest absolute Gasteiger partial charge is 0.490 e. The summed E-state index contributed by atoms with van der Waals surface area (Å²) in [5, 5.41) is 27.9. The molecule has 212 valence electrons. The summed E-state index contributed by atoms with van der Waals surface area (Å²) < 4.78 is 42.0. The number of rotatable bonds is 13. The van der Waals surface area contributed by atoms with Crippen LogP contribution in [0.1, 0.15) is 36.0 Å². The van der Waals surface area contributed by atoms with Gasteiger partial charge in [-0.1, -0.05) is 0 Å². The van der Waals surface area contributed by atoms with Crippen LogP contribution in [0.2, 0.25) is 0 Å². The Kier molecular flexibility index (Phi) is 13.0. The summed E-state index contributed by atoms with van der Waals surface area (Å²) >= 11 is 0. The first kappa shape index (κ1) is 32.1. The van der Waals surface area contributed by atoms with Gasteiger partial charge in [-0.3, -0.25) is 9.59 Å². The van der Waals surface area contributed by atoms with Crippen LogP contribution in [0.15, 0.2) is 18.2 Å². The van der Waals surface area contributed by atoms with Crippen molar-refractivity contribution in [3.05, 3.63) is 23.8 Å². The van der Waals surface area contributed by atoms with Gasteiger partial charge in [0.1, 0.15) is 0 Å². The number of aliphatic carboxylic acids is 3. The Morgan fingerprint density at radius 1 is 1.00 bits per heavy atom. The number of carboxylic acid groups (broad SMARTS) is 3. The SMILES string of the molecule is CNCC1CCC(N(C=O)CC(=O)c2ccc(OCC(=O)O)c(OCC(=O)O)c2)CC1.O=C(O)C(F)(F)F. The fraction of sp³-hybridized carbons (Fsp3) is 0.522. The highest BCUT2D eigenvalue weighted by molar-refractivity contribution is 5.99. The van der Waals surface area contributed by atoms with Gasteiger partial charge < -0.3 is 35.0 Å². The maximum Gasteiger partial charge on any atom is 0.490 e. The molecular weight excluding hydrogens is 521 g/mol.